The number of ketones is 1. The Morgan fingerprint density at radius 2 is 2.00 bits per heavy atom. The van der Waals surface area contributed by atoms with Crippen LogP contribution in [0.5, 0.6) is 0 Å². The van der Waals surface area contributed by atoms with Crippen molar-refractivity contribution in [2.45, 2.75) is 35.4 Å². The predicted molar refractivity (Wildman–Crippen MR) is 97.5 cm³/mol. The lowest BCUT2D eigenvalue weighted by molar-refractivity contribution is 0.0992. The van der Waals surface area contributed by atoms with Crippen LogP contribution in [0.1, 0.15) is 30.1 Å². The fourth-order valence-corrected chi connectivity index (χ4v) is 4.25. The number of hydrogen-bond acceptors (Lipinski definition) is 9. The zero-order valence-electron chi connectivity index (χ0n) is 14.0. The first-order chi connectivity index (χ1) is 11.8. The number of nitrogen functional groups attached to an aromatic ring is 1. The van der Waals surface area contributed by atoms with Crippen molar-refractivity contribution < 1.29 is 4.79 Å². The number of rotatable bonds is 6. The van der Waals surface area contributed by atoms with Gasteiger partial charge in [0, 0.05) is 20.1 Å². The van der Waals surface area contributed by atoms with Crippen LogP contribution in [-0.2, 0) is 14.1 Å². The molecule has 0 amide bonds. The van der Waals surface area contributed by atoms with Crippen molar-refractivity contribution in [2.75, 3.05) is 11.1 Å². The second-order valence-electron chi connectivity index (χ2n) is 5.88. The number of carbonyl (C=O) groups is 1. The van der Waals surface area contributed by atoms with Gasteiger partial charge in [-0.2, -0.15) is 0 Å². The third-order valence-corrected chi connectivity index (χ3v) is 5.95. The highest BCUT2D eigenvalue weighted by Gasteiger charge is 2.27. The van der Waals surface area contributed by atoms with E-state index in [2.05, 4.69) is 15.5 Å². The molecule has 1 fully saturated rings. The summed E-state index contributed by atoms with van der Waals surface area (Å²) < 4.78 is 2.60. The molecule has 0 unspecified atom stereocenters. The van der Waals surface area contributed by atoms with Gasteiger partial charge in [0.25, 0.3) is 5.56 Å². The Hall–Kier alpha value is -2.14. The molecule has 0 aromatic carbocycles. The van der Waals surface area contributed by atoms with Crippen LogP contribution in [0.3, 0.4) is 0 Å². The van der Waals surface area contributed by atoms with Crippen molar-refractivity contribution in [1.82, 2.24) is 19.3 Å². The molecule has 2 aromatic heterocycles. The van der Waals surface area contributed by atoms with Gasteiger partial charge < -0.3 is 11.1 Å². The minimum atomic E-state index is -0.689. The smallest absolute Gasteiger partial charge is 0.332 e. The molecule has 134 valence electrons. The van der Waals surface area contributed by atoms with E-state index in [9.17, 15) is 14.4 Å². The molecule has 2 aromatic rings. The summed E-state index contributed by atoms with van der Waals surface area (Å²) in [4.78, 5) is 36.9. The minimum absolute atomic E-state index is 0.126. The molecular weight excluding hydrogens is 364 g/mol. The monoisotopic (exact) mass is 382 g/mol. The summed E-state index contributed by atoms with van der Waals surface area (Å²) in [5, 5.41) is 11.5. The summed E-state index contributed by atoms with van der Waals surface area (Å²) >= 11 is 2.58. The molecule has 1 saturated carbocycles. The van der Waals surface area contributed by atoms with Crippen molar-refractivity contribution in [3.8, 4) is 0 Å². The summed E-state index contributed by atoms with van der Waals surface area (Å²) in [5.74, 6) is -0.565. The van der Waals surface area contributed by atoms with Crippen LogP contribution in [0.15, 0.2) is 13.9 Å². The minimum Gasteiger partial charge on any atom is -0.384 e. The Morgan fingerprint density at radius 1 is 1.32 bits per heavy atom. The van der Waals surface area contributed by atoms with E-state index in [0.717, 1.165) is 27.1 Å². The maximum Gasteiger partial charge on any atom is 0.332 e. The lowest BCUT2D eigenvalue weighted by Crippen LogP contribution is -2.42. The topological polar surface area (TPSA) is 125 Å². The Morgan fingerprint density at radius 3 is 2.64 bits per heavy atom. The first kappa shape index (κ1) is 17.7. The number of hydrogen-bond donors (Lipinski definition) is 2. The van der Waals surface area contributed by atoms with Gasteiger partial charge in [-0.25, -0.2) is 4.79 Å². The van der Waals surface area contributed by atoms with Gasteiger partial charge in [-0.05, 0) is 19.8 Å². The summed E-state index contributed by atoms with van der Waals surface area (Å²) in [6, 6.07) is 0.471. The molecular formula is C14H18N6O3S2. The van der Waals surface area contributed by atoms with Crippen LogP contribution in [0.25, 0.3) is 0 Å². The van der Waals surface area contributed by atoms with Crippen LogP contribution in [0.4, 0.5) is 10.9 Å². The fraction of sp³-hybridized carbons (Fsp3) is 0.500. The van der Waals surface area contributed by atoms with Gasteiger partial charge >= 0.3 is 5.69 Å². The Bertz CT molecular complexity index is 943. The fourth-order valence-electron chi connectivity index (χ4n) is 2.22. The number of aromatic nitrogens is 4. The predicted octanol–water partition coefficient (Wildman–Crippen LogP) is 0.456. The number of Topliss-reactive ketones (excluding diaryl/α,β-unsaturated/α-hetero) is 1. The summed E-state index contributed by atoms with van der Waals surface area (Å²) in [6.45, 7) is 1.67. The van der Waals surface area contributed by atoms with Gasteiger partial charge in [0.2, 0.25) is 5.13 Å². The molecule has 0 radical (unpaired) electrons. The van der Waals surface area contributed by atoms with Gasteiger partial charge in [-0.1, -0.05) is 23.1 Å². The molecule has 0 bridgehead atoms. The molecule has 1 atom stereocenters. The highest BCUT2D eigenvalue weighted by atomic mass is 32.2. The number of thioether (sulfide) groups is 1. The highest BCUT2D eigenvalue weighted by molar-refractivity contribution is 8.02. The van der Waals surface area contributed by atoms with E-state index >= 15 is 0 Å². The van der Waals surface area contributed by atoms with Crippen LogP contribution in [-0.4, -0.2) is 36.4 Å². The molecule has 1 aliphatic carbocycles. The second kappa shape index (κ2) is 6.64. The number of carbonyl (C=O) groups excluding carboxylic acids is 1. The van der Waals surface area contributed by atoms with Crippen molar-refractivity contribution >= 4 is 39.8 Å². The molecule has 25 heavy (non-hydrogen) atoms. The molecule has 9 nitrogen and oxygen atoms in total. The number of nitrogens with one attached hydrogen (secondary N) is 1. The molecule has 3 rings (SSSR count). The quantitative estimate of drug-likeness (QED) is 0.545. The average molecular weight is 382 g/mol. The van der Waals surface area contributed by atoms with E-state index in [0.29, 0.717) is 10.4 Å². The van der Waals surface area contributed by atoms with E-state index in [-0.39, 0.29) is 11.4 Å². The van der Waals surface area contributed by atoms with Crippen molar-refractivity contribution in [2.24, 2.45) is 14.1 Å². The van der Waals surface area contributed by atoms with Crippen LogP contribution >= 0.6 is 23.1 Å². The summed E-state index contributed by atoms with van der Waals surface area (Å²) in [7, 11) is 2.74. The van der Waals surface area contributed by atoms with Gasteiger partial charge in [0.05, 0.1) is 5.25 Å². The number of nitrogens with two attached hydrogens (primary N) is 1. The maximum absolute atomic E-state index is 12.7. The number of anilines is 2. The van der Waals surface area contributed by atoms with Crippen molar-refractivity contribution in [1.29, 1.82) is 0 Å². The zero-order valence-corrected chi connectivity index (χ0v) is 15.6. The molecule has 2 heterocycles. The van der Waals surface area contributed by atoms with E-state index in [1.165, 1.54) is 37.2 Å². The molecule has 0 saturated heterocycles. The van der Waals surface area contributed by atoms with E-state index in [1.807, 2.05) is 0 Å². The zero-order chi connectivity index (χ0) is 18.3. The maximum atomic E-state index is 12.7. The standard InChI is InChI=1S/C14H18N6O3S2/c1-6(24-13-18-17-12(25-13)16-7-4-5-7)9(21)8-10(15)19(2)14(23)20(3)11(8)22/h6-7H,4-5,15H2,1-3H3,(H,16,17)/t6-/m0/s1. The first-order valence-electron chi connectivity index (χ1n) is 7.66. The highest BCUT2D eigenvalue weighted by Crippen LogP contribution is 2.32. The van der Waals surface area contributed by atoms with Crippen molar-refractivity contribution in [3.63, 3.8) is 0 Å². The van der Waals surface area contributed by atoms with Gasteiger partial charge in [-0.3, -0.25) is 18.7 Å². The van der Waals surface area contributed by atoms with E-state index in [1.54, 1.807) is 6.92 Å². The third-order valence-electron chi connectivity index (χ3n) is 3.91. The van der Waals surface area contributed by atoms with E-state index < -0.39 is 22.3 Å². The Labute approximate surface area is 151 Å². The lowest BCUT2D eigenvalue weighted by Gasteiger charge is -2.13. The van der Waals surface area contributed by atoms with Gasteiger partial charge in [0.15, 0.2) is 10.1 Å². The largest absolute Gasteiger partial charge is 0.384 e. The van der Waals surface area contributed by atoms with Gasteiger partial charge in [-0.15, -0.1) is 10.2 Å². The summed E-state index contributed by atoms with van der Waals surface area (Å²) in [6.07, 6.45) is 2.26. The summed E-state index contributed by atoms with van der Waals surface area (Å²) in [5.41, 5.74) is 4.40. The third kappa shape index (κ3) is 3.47. The van der Waals surface area contributed by atoms with E-state index in [4.69, 9.17) is 5.73 Å². The lowest BCUT2D eigenvalue weighted by atomic mass is 10.1. The Kier molecular flexibility index (Phi) is 4.69. The molecule has 0 aliphatic heterocycles. The first-order valence-corrected chi connectivity index (χ1v) is 9.35. The van der Waals surface area contributed by atoms with Crippen molar-refractivity contribution in [3.05, 3.63) is 26.4 Å². The van der Waals surface area contributed by atoms with Crippen LogP contribution < -0.4 is 22.3 Å². The molecule has 3 N–H and O–H groups in total. The SMILES string of the molecule is C[C@H](Sc1nnc(NC2CC2)s1)C(=O)c1c(N)n(C)c(=O)n(C)c1=O. The second-order valence-corrected chi connectivity index (χ2v) is 8.45. The van der Waals surface area contributed by atoms with Crippen LogP contribution in [0.2, 0.25) is 0 Å². The Balaban J connectivity index is 1.82. The van der Waals surface area contributed by atoms with Crippen LogP contribution in [0, 0.1) is 0 Å². The van der Waals surface area contributed by atoms with Gasteiger partial charge in [0.1, 0.15) is 11.4 Å². The average Bonchev–Trinajstić information content (AvgIpc) is 3.29. The molecule has 0 spiro atoms. The molecule has 11 heteroatoms. The molecule has 1 aliphatic rings. The normalized spacial score (nSPS) is 15.2. The number of nitrogens with zero attached hydrogens (tertiary/aromatic N) is 4.